The summed E-state index contributed by atoms with van der Waals surface area (Å²) in [5.41, 5.74) is 3.00. The predicted molar refractivity (Wildman–Crippen MR) is 111 cm³/mol. The summed E-state index contributed by atoms with van der Waals surface area (Å²) < 4.78 is 24.0. The van der Waals surface area contributed by atoms with Crippen LogP contribution in [-0.4, -0.2) is 39.4 Å². The highest BCUT2D eigenvalue weighted by molar-refractivity contribution is 6.30. The molecule has 1 unspecified atom stereocenters. The van der Waals surface area contributed by atoms with Crippen molar-refractivity contribution in [1.29, 1.82) is 0 Å². The van der Waals surface area contributed by atoms with Crippen LogP contribution >= 0.6 is 11.6 Å². The molecule has 0 N–H and O–H groups in total. The van der Waals surface area contributed by atoms with Gasteiger partial charge in [-0.2, -0.15) is 4.98 Å². The Morgan fingerprint density at radius 1 is 1.10 bits per heavy atom. The number of methoxy groups -OCH3 is 2. The third-order valence-electron chi connectivity index (χ3n) is 5.12. The Morgan fingerprint density at radius 3 is 2.71 bits per heavy atom. The van der Waals surface area contributed by atoms with E-state index in [9.17, 15) is 0 Å². The minimum Gasteiger partial charge on any atom is -0.497 e. The Kier molecular flexibility index (Phi) is 5.05. The molecule has 5 rings (SSSR count). The minimum absolute atomic E-state index is 0.135. The van der Waals surface area contributed by atoms with Gasteiger partial charge in [0, 0.05) is 11.1 Å². The lowest BCUT2D eigenvalue weighted by molar-refractivity contribution is -0.00112. The van der Waals surface area contributed by atoms with E-state index in [4.69, 9.17) is 30.3 Å². The lowest BCUT2D eigenvalue weighted by Crippen LogP contribution is -2.22. The fraction of sp³-hybridized carbons (Fsp3) is 0.238. The second-order valence-corrected chi connectivity index (χ2v) is 7.34. The van der Waals surface area contributed by atoms with Gasteiger partial charge in [-0.1, -0.05) is 34.1 Å². The maximum Gasteiger partial charge on any atom is 0.262 e. The third-order valence-corrected chi connectivity index (χ3v) is 5.37. The Balaban J connectivity index is 1.42. The molecule has 1 aliphatic rings. The van der Waals surface area contributed by atoms with Crippen molar-refractivity contribution in [2.24, 2.45) is 0 Å². The van der Waals surface area contributed by atoms with Crippen LogP contribution in [0.3, 0.4) is 0 Å². The van der Waals surface area contributed by atoms with E-state index in [2.05, 4.69) is 20.5 Å². The van der Waals surface area contributed by atoms with Gasteiger partial charge in [0.25, 0.3) is 5.89 Å². The van der Waals surface area contributed by atoms with Crippen molar-refractivity contribution in [3.05, 3.63) is 58.7 Å². The number of ether oxygens (including phenoxy) is 3. The average molecular weight is 440 g/mol. The molecular weight excluding hydrogens is 422 g/mol. The van der Waals surface area contributed by atoms with E-state index < -0.39 is 0 Å². The van der Waals surface area contributed by atoms with Gasteiger partial charge < -0.3 is 18.7 Å². The van der Waals surface area contributed by atoms with Crippen LogP contribution in [0.25, 0.3) is 23.0 Å². The molecule has 3 heterocycles. The van der Waals surface area contributed by atoms with Crippen molar-refractivity contribution in [1.82, 2.24) is 25.1 Å². The third kappa shape index (κ3) is 3.62. The number of benzene rings is 2. The summed E-state index contributed by atoms with van der Waals surface area (Å²) in [5.74, 6) is 1.88. The van der Waals surface area contributed by atoms with E-state index in [1.807, 2.05) is 28.9 Å². The quantitative estimate of drug-likeness (QED) is 0.461. The molecule has 0 radical (unpaired) electrons. The number of aromatic nitrogens is 5. The first-order valence-corrected chi connectivity index (χ1v) is 9.90. The number of fused-ring (bicyclic) bond motifs is 1. The molecule has 0 fully saturated rings. The van der Waals surface area contributed by atoms with Crippen LogP contribution in [-0.2, 0) is 17.9 Å². The van der Waals surface area contributed by atoms with E-state index in [0.29, 0.717) is 52.6 Å². The Labute approximate surface area is 182 Å². The minimum atomic E-state index is -0.135. The van der Waals surface area contributed by atoms with Crippen LogP contribution in [0.5, 0.6) is 11.5 Å². The molecule has 158 valence electrons. The molecule has 2 aromatic heterocycles. The van der Waals surface area contributed by atoms with Crippen molar-refractivity contribution in [3.8, 4) is 34.5 Å². The highest BCUT2D eigenvalue weighted by atomic mass is 35.5. The second-order valence-electron chi connectivity index (χ2n) is 6.91. The monoisotopic (exact) mass is 439 g/mol. The maximum atomic E-state index is 6.04. The number of halogens is 1. The molecule has 2 aromatic carbocycles. The van der Waals surface area contributed by atoms with Crippen LogP contribution in [0.15, 0.2) is 47.0 Å². The molecule has 4 aromatic rings. The molecule has 0 spiro atoms. The van der Waals surface area contributed by atoms with E-state index in [-0.39, 0.29) is 6.10 Å². The summed E-state index contributed by atoms with van der Waals surface area (Å²) in [4.78, 5) is 4.50. The summed E-state index contributed by atoms with van der Waals surface area (Å²) in [7, 11) is 3.16. The molecule has 1 aliphatic heterocycles. The number of nitrogens with zero attached hydrogens (tertiary/aromatic N) is 5. The summed E-state index contributed by atoms with van der Waals surface area (Å²) in [5, 5.41) is 13.3. The van der Waals surface area contributed by atoms with E-state index in [1.165, 1.54) is 0 Å². The normalized spacial score (nSPS) is 15.5. The topological polar surface area (TPSA) is 97.3 Å². The summed E-state index contributed by atoms with van der Waals surface area (Å²) in [6, 6.07) is 12.9. The number of hydrogen-bond donors (Lipinski definition) is 0. The fourth-order valence-electron chi connectivity index (χ4n) is 3.47. The van der Waals surface area contributed by atoms with Gasteiger partial charge in [0.2, 0.25) is 5.82 Å². The summed E-state index contributed by atoms with van der Waals surface area (Å²) in [6.45, 7) is 0.854. The van der Waals surface area contributed by atoms with E-state index >= 15 is 0 Å². The van der Waals surface area contributed by atoms with Gasteiger partial charge in [0.15, 0.2) is 5.69 Å². The SMILES string of the molecule is COc1ccc(-c2nc(-c3nnn4c3COC(c3ccc(Cl)cc3)C4)no2)c(OC)c1. The van der Waals surface area contributed by atoms with Crippen molar-refractivity contribution in [2.45, 2.75) is 19.3 Å². The Bertz CT molecular complexity index is 1220. The zero-order valence-corrected chi connectivity index (χ0v) is 17.5. The highest BCUT2D eigenvalue weighted by Gasteiger charge is 2.28. The van der Waals surface area contributed by atoms with Gasteiger partial charge in [0.05, 0.1) is 38.6 Å². The van der Waals surface area contributed by atoms with Crippen molar-refractivity contribution < 1.29 is 18.7 Å². The average Bonchev–Trinajstić information content (AvgIpc) is 3.45. The first-order valence-electron chi connectivity index (χ1n) is 9.52. The summed E-state index contributed by atoms with van der Waals surface area (Å²) >= 11 is 5.98. The molecule has 10 heteroatoms. The molecule has 9 nitrogen and oxygen atoms in total. The van der Waals surface area contributed by atoms with Gasteiger partial charge in [-0.15, -0.1) is 5.10 Å². The summed E-state index contributed by atoms with van der Waals surface area (Å²) in [6.07, 6.45) is -0.135. The number of hydrogen-bond acceptors (Lipinski definition) is 8. The lowest BCUT2D eigenvalue weighted by atomic mass is 10.1. The van der Waals surface area contributed by atoms with E-state index in [1.54, 1.807) is 32.4 Å². The Hall–Kier alpha value is -3.43. The van der Waals surface area contributed by atoms with Crippen LogP contribution in [0.2, 0.25) is 5.02 Å². The fourth-order valence-corrected chi connectivity index (χ4v) is 3.59. The molecule has 0 amide bonds. The first kappa shape index (κ1) is 19.5. The zero-order chi connectivity index (χ0) is 21.4. The van der Waals surface area contributed by atoms with Gasteiger partial charge in [-0.25, -0.2) is 4.68 Å². The molecule has 0 aliphatic carbocycles. The highest BCUT2D eigenvalue weighted by Crippen LogP contribution is 2.34. The Morgan fingerprint density at radius 2 is 1.94 bits per heavy atom. The predicted octanol–water partition coefficient (Wildman–Crippen LogP) is 3.94. The van der Waals surface area contributed by atoms with Crippen molar-refractivity contribution in [2.75, 3.05) is 14.2 Å². The van der Waals surface area contributed by atoms with Crippen LogP contribution < -0.4 is 9.47 Å². The van der Waals surface area contributed by atoms with Crippen LogP contribution in [0.4, 0.5) is 0 Å². The van der Waals surface area contributed by atoms with Crippen LogP contribution in [0, 0.1) is 0 Å². The van der Waals surface area contributed by atoms with Crippen molar-refractivity contribution >= 4 is 11.6 Å². The van der Waals surface area contributed by atoms with E-state index in [0.717, 1.165) is 11.3 Å². The van der Waals surface area contributed by atoms with Crippen LogP contribution in [0.1, 0.15) is 17.4 Å². The first-order chi connectivity index (χ1) is 15.2. The molecular formula is C21H18ClN5O4. The van der Waals surface area contributed by atoms with Crippen molar-refractivity contribution in [3.63, 3.8) is 0 Å². The molecule has 0 bridgehead atoms. The largest absolute Gasteiger partial charge is 0.497 e. The lowest BCUT2D eigenvalue weighted by Gasteiger charge is -2.24. The molecule has 0 saturated heterocycles. The second kappa shape index (κ2) is 8.01. The molecule has 1 atom stereocenters. The molecule has 0 saturated carbocycles. The van der Waals surface area contributed by atoms with Gasteiger partial charge in [-0.3, -0.25) is 0 Å². The van der Waals surface area contributed by atoms with Gasteiger partial charge in [-0.05, 0) is 29.8 Å². The van der Waals surface area contributed by atoms with Gasteiger partial charge >= 0.3 is 0 Å². The zero-order valence-electron chi connectivity index (χ0n) is 16.8. The van der Waals surface area contributed by atoms with Gasteiger partial charge in [0.1, 0.15) is 17.6 Å². The smallest absolute Gasteiger partial charge is 0.262 e. The standard InChI is InChI=1S/C21H18ClN5O4/c1-28-14-7-8-15(17(9-14)29-2)21-23-20(25-31-21)19-16-11-30-18(10-27(16)26-24-19)12-3-5-13(22)6-4-12/h3-9,18H,10-11H2,1-2H3. The molecule has 31 heavy (non-hydrogen) atoms. The maximum absolute atomic E-state index is 6.04. The number of rotatable bonds is 5.